The molecule has 0 radical (unpaired) electrons. The molecule has 0 aliphatic heterocycles. The summed E-state index contributed by atoms with van der Waals surface area (Å²) in [4.78, 5) is 12.3. The van der Waals surface area contributed by atoms with Gasteiger partial charge in [0.25, 0.3) is 5.91 Å². The van der Waals surface area contributed by atoms with Crippen LogP contribution in [0.25, 0.3) is 11.5 Å². The highest BCUT2D eigenvalue weighted by atomic mass is 35.5. The van der Waals surface area contributed by atoms with Crippen LogP contribution >= 0.6 is 11.6 Å². The molecule has 25 heavy (non-hydrogen) atoms. The summed E-state index contributed by atoms with van der Waals surface area (Å²) < 4.78 is 15.9. The van der Waals surface area contributed by atoms with Crippen molar-refractivity contribution in [2.24, 2.45) is 5.92 Å². The molecule has 3 aromatic rings. The van der Waals surface area contributed by atoms with E-state index >= 15 is 0 Å². The Morgan fingerprint density at radius 1 is 1.28 bits per heavy atom. The maximum atomic E-state index is 12.3. The molecule has 130 valence electrons. The number of carbonyl (C=O) groups is 1. The zero-order chi connectivity index (χ0) is 17.8. The van der Waals surface area contributed by atoms with Gasteiger partial charge in [-0.3, -0.25) is 4.79 Å². The molecule has 3 rings (SSSR count). The zero-order valence-electron chi connectivity index (χ0n) is 13.8. The molecule has 1 aromatic carbocycles. The molecule has 0 saturated carbocycles. The maximum absolute atomic E-state index is 12.3. The number of hydrogen-bond acceptors (Lipinski definition) is 5. The first kappa shape index (κ1) is 17.1. The number of benzene rings is 1. The van der Waals surface area contributed by atoms with Gasteiger partial charge in [0.2, 0.25) is 5.76 Å². The van der Waals surface area contributed by atoms with E-state index in [9.17, 15) is 4.79 Å². The summed E-state index contributed by atoms with van der Waals surface area (Å²) in [6, 6.07) is 10.0. The second-order valence-electron chi connectivity index (χ2n) is 5.86. The highest BCUT2D eigenvalue weighted by molar-refractivity contribution is 6.32. The predicted molar refractivity (Wildman–Crippen MR) is 93.9 cm³/mol. The average Bonchev–Trinajstić information content (AvgIpc) is 3.25. The number of rotatable bonds is 6. The van der Waals surface area contributed by atoms with Crippen LogP contribution in [0.1, 0.15) is 24.3 Å². The number of aromatic nitrogens is 1. The number of nitrogens with one attached hydrogen (secondary N) is 1. The van der Waals surface area contributed by atoms with Gasteiger partial charge in [-0.2, -0.15) is 0 Å². The minimum Gasteiger partial charge on any atom is -0.492 e. The Labute approximate surface area is 149 Å². The van der Waals surface area contributed by atoms with Gasteiger partial charge in [-0.25, -0.2) is 0 Å². The average molecular weight is 361 g/mol. The normalized spacial score (nSPS) is 10.9. The van der Waals surface area contributed by atoms with Crippen molar-refractivity contribution in [2.45, 2.75) is 13.8 Å². The molecular formula is C18H17ClN2O4. The van der Waals surface area contributed by atoms with Gasteiger partial charge in [0, 0.05) is 11.8 Å². The number of nitrogens with zero attached hydrogens (tertiary/aromatic N) is 1. The molecule has 0 unspecified atom stereocenters. The van der Waals surface area contributed by atoms with Crippen LogP contribution in [0.2, 0.25) is 5.02 Å². The standard InChI is InChI=1S/C18H17ClN2O4/c1-11(2)10-24-15-6-5-12(8-13(15)19)20-18(22)14-9-17(25-21-14)16-4-3-7-23-16/h3-9,11H,10H2,1-2H3,(H,20,22). The monoisotopic (exact) mass is 360 g/mol. The molecule has 2 aromatic heterocycles. The Kier molecular flexibility index (Phi) is 5.09. The third-order valence-corrected chi connectivity index (χ3v) is 3.56. The molecule has 0 atom stereocenters. The quantitative estimate of drug-likeness (QED) is 0.678. The third kappa shape index (κ3) is 4.22. The molecule has 0 bridgehead atoms. The molecule has 0 fully saturated rings. The minimum atomic E-state index is -0.409. The van der Waals surface area contributed by atoms with E-state index in [1.165, 1.54) is 12.3 Å². The van der Waals surface area contributed by atoms with Gasteiger partial charge < -0.3 is 19.0 Å². The van der Waals surface area contributed by atoms with Crippen molar-refractivity contribution in [3.8, 4) is 17.3 Å². The van der Waals surface area contributed by atoms with Crippen LogP contribution in [-0.2, 0) is 0 Å². The summed E-state index contributed by atoms with van der Waals surface area (Å²) in [5.41, 5.74) is 0.678. The summed E-state index contributed by atoms with van der Waals surface area (Å²) >= 11 is 6.19. The van der Waals surface area contributed by atoms with Crippen LogP contribution in [0.15, 0.2) is 51.6 Å². The van der Waals surface area contributed by atoms with E-state index in [1.807, 2.05) is 0 Å². The van der Waals surface area contributed by atoms with E-state index < -0.39 is 5.91 Å². The van der Waals surface area contributed by atoms with Gasteiger partial charge in [0.05, 0.1) is 17.9 Å². The van der Waals surface area contributed by atoms with Crippen LogP contribution in [0.5, 0.6) is 5.75 Å². The van der Waals surface area contributed by atoms with Gasteiger partial charge in [0.1, 0.15) is 5.75 Å². The molecule has 1 N–H and O–H groups in total. The van der Waals surface area contributed by atoms with Gasteiger partial charge in [-0.1, -0.05) is 30.6 Å². The third-order valence-electron chi connectivity index (χ3n) is 3.27. The molecular weight excluding hydrogens is 344 g/mol. The number of ether oxygens (including phenoxy) is 1. The van der Waals surface area contributed by atoms with E-state index in [4.69, 9.17) is 25.3 Å². The van der Waals surface area contributed by atoms with Crippen LogP contribution in [0.4, 0.5) is 5.69 Å². The Morgan fingerprint density at radius 2 is 2.12 bits per heavy atom. The lowest BCUT2D eigenvalue weighted by atomic mass is 10.2. The first-order valence-corrected chi connectivity index (χ1v) is 8.15. The molecule has 1 amide bonds. The van der Waals surface area contributed by atoms with Gasteiger partial charge in [-0.05, 0) is 36.2 Å². The van der Waals surface area contributed by atoms with Crippen LogP contribution in [-0.4, -0.2) is 17.7 Å². The lowest BCUT2D eigenvalue weighted by Crippen LogP contribution is -2.12. The summed E-state index contributed by atoms with van der Waals surface area (Å²) in [5, 5.41) is 6.90. The predicted octanol–water partition coefficient (Wildman–Crippen LogP) is 4.88. The molecule has 2 heterocycles. The van der Waals surface area contributed by atoms with Crippen LogP contribution < -0.4 is 10.1 Å². The summed E-state index contributed by atoms with van der Waals surface area (Å²) in [6.45, 7) is 4.68. The van der Waals surface area contributed by atoms with E-state index in [0.717, 1.165) is 0 Å². The van der Waals surface area contributed by atoms with Crippen molar-refractivity contribution < 1.29 is 18.5 Å². The molecule has 6 nitrogen and oxygen atoms in total. The van der Waals surface area contributed by atoms with Gasteiger partial charge >= 0.3 is 0 Å². The number of furan rings is 1. The van der Waals surface area contributed by atoms with Gasteiger partial charge in [0.15, 0.2) is 11.5 Å². The van der Waals surface area contributed by atoms with E-state index in [-0.39, 0.29) is 5.69 Å². The van der Waals surface area contributed by atoms with E-state index in [0.29, 0.717) is 40.5 Å². The van der Waals surface area contributed by atoms with Crippen molar-refractivity contribution >= 4 is 23.2 Å². The molecule has 0 saturated heterocycles. The number of halogens is 1. The summed E-state index contributed by atoms with van der Waals surface area (Å²) in [6.07, 6.45) is 1.52. The van der Waals surface area contributed by atoms with Crippen molar-refractivity contribution in [2.75, 3.05) is 11.9 Å². The SMILES string of the molecule is CC(C)COc1ccc(NC(=O)c2cc(-c3ccco3)on2)cc1Cl. The van der Waals surface area contributed by atoms with Crippen LogP contribution in [0.3, 0.4) is 0 Å². The Bertz CT molecular complexity index is 856. The first-order chi connectivity index (χ1) is 12.0. The maximum Gasteiger partial charge on any atom is 0.277 e. The Hall–Kier alpha value is -2.73. The first-order valence-electron chi connectivity index (χ1n) is 7.77. The van der Waals surface area contributed by atoms with E-state index in [1.54, 1.807) is 30.3 Å². The van der Waals surface area contributed by atoms with E-state index in [2.05, 4.69) is 24.3 Å². The van der Waals surface area contributed by atoms with Gasteiger partial charge in [-0.15, -0.1) is 0 Å². The fourth-order valence-electron chi connectivity index (χ4n) is 2.06. The second kappa shape index (κ2) is 7.44. The molecule has 7 heteroatoms. The van der Waals surface area contributed by atoms with Crippen molar-refractivity contribution in [1.29, 1.82) is 0 Å². The highest BCUT2D eigenvalue weighted by Crippen LogP contribution is 2.28. The van der Waals surface area contributed by atoms with Crippen molar-refractivity contribution in [3.05, 3.63) is 53.4 Å². The fraction of sp³-hybridized carbons (Fsp3) is 0.222. The minimum absolute atomic E-state index is 0.141. The zero-order valence-corrected chi connectivity index (χ0v) is 14.5. The summed E-state index contributed by atoms with van der Waals surface area (Å²) in [5.74, 6) is 1.45. The van der Waals surface area contributed by atoms with Crippen molar-refractivity contribution in [1.82, 2.24) is 5.16 Å². The molecule has 0 aliphatic rings. The fourth-order valence-corrected chi connectivity index (χ4v) is 2.30. The number of amides is 1. The Morgan fingerprint density at radius 3 is 2.80 bits per heavy atom. The second-order valence-corrected chi connectivity index (χ2v) is 6.27. The smallest absolute Gasteiger partial charge is 0.277 e. The highest BCUT2D eigenvalue weighted by Gasteiger charge is 2.16. The number of carbonyl (C=O) groups excluding carboxylic acids is 1. The number of anilines is 1. The topological polar surface area (TPSA) is 77.5 Å². The molecule has 0 spiro atoms. The molecule has 0 aliphatic carbocycles. The Balaban J connectivity index is 1.68. The number of hydrogen-bond donors (Lipinski definition) is 1. The lowest BCUT2D eigenvalue weighted by Gasteiger charge is -2.11. The largest absolute Gasteiger partial charge is 0.492 e. The van der Waals surface area contributed by atoms with Crippen molar-refractivity contribution in [3.63, 3.8) is 0 Å². The lowest BCUT2D eigenvalue weighted by molar-refractivity contribution is 0.101. The summed E-state index contributed by atoms with van der Waals surface area (Å²) in [7, 11) is 0. The van der Waals surface area contributed by atoms with Crippen LogP contribution in [0, 0.1) is 5.92 Å².